The summed E-state index contributed by atoms with van der Waals surface area (Å²) in [6.45, 7) is 0. The first-order chi connectivity index (χ1) is 29.7. The van der Waals surface area contributed by atoms with E-state index in [1.807, 2.05) is 48.3 Å². The lowest BCUT2D eigenvalue weighted by molar-refractivity contribution is 0.722. The second kappa shape index (κ2) is 14.0. The quantitative estimate of drug-likeness (QED) is 0.174. The Kier molecular flexibility index (Phi) is 8.14. The monoisotopic (exact) mass is 783 g/mol. The third kappa shape index (κ3) is 5.48. The molecule has 3 heterocycles. The number of fused-ring (bicyclic) bond motifs is 10. The number of para-hydroxylation sites is 1. The smallest absolute Gasteiger partial charge is 0.160 e. The van der Waals surface area contributed by atoms with Gasteiger partial charge in [0.1, 0.15) is 0 Å². The number of aromatic nitrogens is 3. The summed E-state index contributed by atoms with van der Waals surface area (Å²) in [6.07, 6.45) is 9.79. The van der Waals surface area contributed by atoms with E-state index in [9.17, 15) is 0 Å². The summed E-state index contributed by atoms with van der Waals surface area (Å²) in [7, 11) is 0. The van der Waals surface area contributed by atoms with E-state index in [4.69, 9.17) is 15.0 Å². The SMILES string of the molecule is C1=CC(c2cc(-c3ccccc3)nc(-c3ccccc3)n2)CC=C1c1ccc2c(c1)C1(c3cc(-c4cccc5cccnc45)ccc3S2)c2ccccc2-c2ccccc21. The van der Waals surface area contributed by atoms with E-state index >= 15 is 0 Å². The van der Waals surface area contributed by atoms with Crippen molar-refractivity contribution in [3.8, 4) is 44.9 Å². The number of rotatable bonds is 5. The van der Waals surface area contributed by atoms with Gasteiger partial charge in [-0.3, -0.25) is 4.98 Å². The molecule has 0 saturated heterocycles. The molecule has 0 N–H and O–H groups in total. The van der Waals surface area contributed by atoms with Gasteiger partial charge in [0.25, 0.3) is 0 Å². The molecule has 0 amide bonds. The molecule has 12 rings (SSSR count). The summed E-state index contributed by atoms with van der Waals surface area (Å²) in [5.74, 6) is 0.883. The second-order valence-electron chi connectivity index (χ2n) is 15.8. The van der Waals surface area contributed by atoms with Crippen molar-refractivity contribution in [2.45, 2.75) is 27.5 Å². The minimum Gasteiger partial charge on any atom is -0.256 e. The van der Waals surface area contributed by atoms with Gasteiger partial charge in [-0.15, -0.1) is 0 Å². The Labute approximate surface area is 353 Å². The normalized spacial score (nSPS) is 15.5. The molecular weight excluding hydrogens is 747 g/mol. The zero-order chi connectivity index (χ0) is 39.6. The van der Waals surface area contributed by atoms with Crippen molar-refractivity contribution in [2.24, 2.45) is 0 Å². The fraction of sp³-hybridized carbons (Fsp3) is 0.0536. The van der Waals surface area contributed by atoms with Crippen LogP contribution >= 0.6 is 11.8 Å². The lowest BCUT2D eigenvalue weighted by Gasteiger charge is -2.40. The summed E-state index contributed by atoms with van der Waals surface area (Å²) < 4.78 is 0. The molecule has 3 aliphatic rings. The topological polar surface area (TPSA) is 38.7 Å². The Balaban J connectivity index is 0.983. The first-order valence-corrected chi connectivity index (χ1v) is 21.4. The van der Waals surface area contributed by atoms with Crippen molar-refractivity contribution < 1.29 is 0 Å². The molecule has 0 saturated carbocycles. The summed E-state index contributed by atoms with van der Waals surface area (Å²) in [5.41, 5.74) is 17.3. The van der Waals surface area contributed by atoms with Gasteiger partial charge in [0.2, 0.25) is 0 Å². The highest BCUT2D eigenvalue weighted by Crippen LogP contribution is 2.62. The van der Waals surface area contributed by atoms with E-state index in [0.717, 1.165) is 51.2 Å². The summed E-state index contributed by atoms with van der Waals surface area (Å²) in [6, 6.07) is 65.9. The summed E-state index contributed by atoms with van der Waals surface area (Å²) in [4.78, 5) is 17.6. The van der Waals surface area contributed by atoms with E-state index in [1.54, 1.807) is 0 Å². The van der Waals surface area contributed by atoms with E-state index in [1.165, 1.54) is 59.9 Å². The highest BCUT2D eigenvalue weighted by atomic mass is 32.2. The first kappa shape index (κ1) is 34.9. The Morgan fingerprint density at radius 3 is 1.85 bits per heavy atom. The van der Waals surface area contributed by atoms with Gasteiger partial charge in [-0.05, 0) is 92.9 Å². The van der Waals surface area contributed by atoms with Crippen LogP contribution < -0.4 is 0 Å². The second-order valence-corrected chi connectivity index (χ2v) is 16.9. The number of hydrogen-bond donors (Lipinski definition) is 0. The van der Waals surface area contributed by atoms with Gasteiger partial charge in [0, 0.05) is 44.0 Å². The molecule has 7 aromatic carbocycles. The predicted molar refractivity (Wildman–Crippen MR) is 246 cm³/mol. The van der Waals surface area contributed by atoms with Gasteiger partial charge in [0.15, 0.2) is 5.82 Å². The fourth-order valence-corrected chi connectivity index (χ4v) is 10.9. The molecule has 4 heteroatoms. The van der Waals surface area contributed by atoms with E-state index in [-0.39, 0.29) is 5.92 Å². The third-order valence-electron chi connectivity index (χ3n) is 12.5. The molecule has 60 heavy (non-hydrogen) atoms. The van der Waals surface area contributed by atoms with Crippen molar-refractivity contribution in [2.75, 3.05) is 0 Å². The number of benzene rings is 7. The largest absolute Gasteiger partial charge is 0.256 e. The average molecular weight is 784 g/mol. The maximum Gasteiger partial charge on any atom is 0.160 e. The lowest BCUT2D eigenvalue weighted by atomic mass is 9.66. The number of hydrogen-bond acceptors (Lipinski definition) is 4. The minimum absolute atomic E-state index is 0.128. The van der Waals surface area contributed by atoms with Gasteiger partial charge in [0.05, 0.1) is 22.3 Å². The van der Waals surface area contributed by atoms with Crippen LogP contribution in [-0.2, 0) is 5.41 Å². The van der Waals surface area contributed by atoms with Crippen LogP contribution in [0.15, 0.2) is 216 Å². The molecular formula is C56H37N3S. The van der Waals surface area contributed by atoms with E-state index in [2.05, 4.69) is 170 Å². The highest BCUT2D eigenvalue weighted by Gasteiger charge is 2.50. The Bertz CT molecular complexity index is 3110. The van der Waals surface area contributed by atoms with Gasteiger partial charge < -0.3 is 0 Å². The first-order valence-electron chi connectivity index (χ1n) is 20.6. The van der Waals surface area contributed by atoms with Gasteiger partial charge in [-0.2, -0.15) is 0 Å². The molecule has 2 aliphatic carbocycles. The van der Waals surface area contributed by atoms with Gasteiger partial charge >= 0.3 is 0 Å². The van der Waals surface area contributed by atoms with Crippen LogP contribution in [0.25, 0.3) is 61.4 Å². The van der Waals surface area contributed by atoms with Crippen LogP contribution in [0.1, 0.15) is 45.8 Å². The van der Waals surface area contributed by atoms with Crippen LogP contribution in [0.3, 0.4) is 0 Å². The van der Waals surface area contributed by atoms with Crippen molar-refractivity contribution in [1.82, 2.24) is 15.0 Å². The van der Waals surface area contributed by atoms with Gasteiger partial charge in [-0.25, -0.2) is 9.97 Å². The van der Waals surface area contributed by atoms with Crippen LogP contribution in [-0.4, -0.2) is 15.0 Å². The molecule has 1 atom stereocenters. The van der Waals surface area contributed by atoms with Crippen molar-refractivity contribution in [3.63, 3.8) is 0 Å². The molecule has 1 unspecified atom stereocenters. The molecule has 0 radical (unpaired) electrons. The molecule has 9 aromatic rings. The molecule has 0 fully saturated rings. The molecule has 1 aliphatic heterocycles. The highest BCUT2D eigenvalue weighted by molar-refractivity contribution is 7.99. The van der Waals surface area contributed by atoms with Crippen molar-refractivity contribution >= 4 is 28.2 Å². The van der Waals surface area contributed by atoms with Crippen molar-refractivity contribution in [1.29, 1.82) is 0 Å². The zero-order valence-electron chi connectivity index (χ0n) is 32.7. The third-order valence-corrected chi connectivity index (χ3v) is 13.7. The number of allylic oxidation sites excluding steroid dienone is 4. The maximum absolute atomic E-state index is 5.17. The summed E-state index contributed by atoms with van der Waals surface area (Å²) >= 11 is 1.88. The molecule has 282 valence electrons. The van der Waals surface area contributed by atoms with E-state index in [0.29, 0.717) is 0 Å². The average Bonchev–Trinajstić information content (AvgIpc) is 3.62. The molecule has 0 bridgehead atoms. The lowest BCUT2D eigenvalue weighted by Crippen LogP contribution is -2.32. The Morgan fingerprint density at radius 1 is 0.500 bits per heavy atom. The maximum atomic E-state index is 5.17. The van der Waals surface area contributed by atoms with Crippen molar-refractivity contribution in [3.05, 3.63) is 240 Å². The van der Waals surface area contributed by atoms with Crippen LogP contribution in [0.5, 0.6) is 0 Å². The minimum atomic E-state index is -0.503. The standard InChI is InChI=1S/C56H37N3S/c1-3-13-37(14-4-1)50-35-51(59-55(58-50)40-15-5-2-6-16-40)38-26-24-36(25-27-38)41-28-30-52-48(33-41)56(46-22-9-7-19-44(46)45-20-8-10-23-47(45)56)49-34-42(29-31-53(49)60-52)43-21-11-17-39-18-12-32-57-54(39)43/h1-26,28-35,38H,27H2. The van der Waals surface area contributed by atoms with Crippen LogP contribution in [0.2, 0.25) is 0 Å². The molecule has 2 aromatic heterocycles. The Morgan fingerprint density at radius 2 is 1.13 bits per heavy atom. The van der Waals surface area contributed by atoms with E-state index < -0.39 is 5.41 Å². The molecule has 3 nitrogen and oxygen atoms in total. The van der Waals surface area contributed by atoms with Crippen LogP contribution in [0.4, 0.5) is 0 Å². The Hall–Kier alpha value is -7.14. The number of pyridine rings is 1. The predicted octanol–water partition coefficient (Wildman–Crippen LogP) is 14.0. The van der Waals surface area contributed by atoms with Gasteiger partial charge in [-0.1, -0.05) is 176 Å². The summed E-state index contributed by atoms with van der Waals surface area (Å²) in [5, 5.41) is 1.15. The fourth-order valence-electron chi connectivity index (χ4n) is 9.77. The zero-order valence-corrected chi connectivity index (χ0v) is 33.5. The number of nitrogens with zero attached hydrogens (tertiary/aromatic N) is 3. The van der Waals surface area contributed by atoms with Crippen LogP contribution in [0, 0.1) is 0 Å². The molecule has 1 spiro atoms.